The lowest BCUT2D eigenvalue weighted by Crippen LogP contribution is -2.49. The topological polar surface area (TPSA) is 133 Å². The third kappa shape index (κ3) is 8.95. The Balaban J connectivity index is 0.000000454. The molecular formula is C22H34F3N7O4. The summed E-state index contributed by atoms with van der Waals surface area (Å²) in [6.07, 6.45) is 5.01. The van der Waals surface area contributed by atoms with Gasteiger partial charge in [0.2, 0.25) is 5.91 Å². The first kappa shape index (κ1) is 27.7. The Morgan fingerprint density at radius 2 is 1.86 bits per heavy atom. The molecule has 202 valence electrons. The molecule has 1 atom stereocenters. The number of halogens is 3. The first-order chi connectivity index (χ1) is 17.1. The molecule has 3 aliphatic rings. The molecule has 2 saturated heterocycles. The van der Waals surface area contributed by atoms with Crippen LogP contribution in [0.15, 0.2) is 6.20 Å². The smallest absolute Gasteiger partial charge is 0.475 e. The molecule has 36 heavy (non-hydrogen) atoms. The second kappa shape index (κ2) is 12.9. The monoisotopic (exact) mass is 517 g/mol. The first-order valence-corrected chi connectivity index (χ1v) is 12.3. The molecule has 1 aliphatic carbocycles. The normalized spacial score (nSPS) is 21.8. The third-order valence-corrected chi connectivity index (χ3v) is 6.52. The number of rotatable bonds is 5. The highest BCUT2D eigenvalue weighted by molar-refractivity contribution is 5.78. The van der Waals surface area contributed by atoms with Gasteiger partial charge >= 0.3 is 18.2 Å². The molecular weight excluding hydrogens is 483 g/mol. The van der Waals surface area contributed by atoms with Gasteiger partial charge in [0.25, 0.3) is 0 Å². The second-order valence-electron chi connectivity index (χ2n) is 9.53. The maximum atomic E-state index is 12.7. The molecule has 14 heteroatoms. The van der Waals surface area contributed by atoms with Crippen molar-refractivity contribution in [1.29, 1.82) is 0 Å². The lowest BCUT2D eigenvalue weighted by Gasteiger charge is -2.34. The number of piperazine rings is 1. The summed E-state index contributed by atoms with van der Waals surface area (Å²) in [4.78, 5) is 37.1. The quantitative estimate of drug-likeness (QED) is 0.540. The van der Waals surface area contributed by atoms with Crippen LogP contribution in [0.2, 0.25) is 0 Å². The Morgan fingerprint density at radius 1 is 1.14 bits per heavy atom. The van der Waals surface area contributed by atoms with Gasteiger partial charge in [-0.3, -0.25) is 14.4 Å². The summed E-state index contributed by atoms with van der Waals surface area (Å²) in [6.45, 7) is 4.99. The number of carbonyl (C=O) groups excluding carboxylic acids is 2. The number of hydrogen-bond donors (Lipinski definition) is 3. The lowest BCUT2D eigenvalue weighted by atomic mass is 9.95. The number of nitrogens with zero attached hydrogens (tertiary/aromatic N) is 5. The van der Waals surface area contributed by atoms with E-state index in [1.165, 1.54) is 19.3 Å². The summed E-state index contributed by atoms with van der Waals surface area (Å²) in [7, 11) is 0. The Hall–Kier alpha value is -2.90. The van der Waals surface area contributed by atoms with Gasteiger partial charge in [0.1, 0.15) is 0 Å². The highest BCUT2D eigenvalue weighted by atomic mass is 19.4. The van der Waals surface area contributed by atoms with Crippen molar-refractivity contribution in [2.45, 2.75) is 70.3 Å². The van der Waals surface area contributed by atoms with Crippen LogP contribution >= 0.6 is 0 Å². The lowest BCUT2D eigenvalue weighted by molar-refractivity contribution is -0.192. The zero-order valence-corrected chi connectivity index (χ0v) is 20.2. The van der Waals surface area contributed by atoms with E-state index in [-0.39, 0.29) is 11.9 Å². The molecule has 1 aromatic rings. The minimum atomic E-state index is -5.08. The van der Waals surface area contributed by atoms with Gasteiger partial charge < -0.3 is 20.6 Å². The Kier molecular flexibility index (Phi) is 9.90. The molecule has 1 aromatic heterocycles. The van der Waals surface area contributed by atoms with E-state index in [1.807, 2.05) is 15.8 Å². The summed E-state index contributed by atoms with van der Waals surface area (Å²) < 4.78 is 33.6. The minimum Gasteiger partial charge on any atom is -0.475 e. The largest absolute Gasteiger partial charge is 0.490 e. The molecule has 4 rings (SSSR count). The van der Waals surface area contributed by atoms with Crippen molar-refractivity contribution in [1.82, 2.24) is 35.4 Å². The summed E-state index contributed by atoms with van der Waals surface area (Å²) in [5, 5.41) is 21.8. The number of alkyl halides is 3. The number of amides is 3. The van der Waals surface area contributed by atoms with Crippen molar-refractivity contribution in [2.24, 2.45) is 5.92 Å². The predicted octanol–water partition coefficient (Wildman–Crippen LogP) is 1.60. The molecule has 0 spiro atoms. The number of nitrogens with one attached hydrogen (secondary N) is 2. The molecule has 3 amide bonds. The van der Waals surface area contributed by atoms with Crippen LogP contribution in [0.5, 0.6) is 0 Å². The molecule has 0 radical (unpaired) electrons. The fraction of sp³-hybridized carbons (Fsp3) is 0.773. The third-order valence-electron chi connectivity index (χ3n) is 6.52. The highest BCUT2D eigenvalue weighted by Crippen LogP contribution is 2.21. The first-order valence-electron chi connectivity index (χ1n) is 12.3. The summed E-state index contributed by atoms with van der Waals surface area (Å²) in [6, 6.07) is 0.454. The van der Waals surface area contributed by atoms with Crippen LogP contribution in [0.3, 0.4) is 0 Å². The second-order valence-corrected chi connectivity index (χ2v) is 9.53. The maximum Gasteiger partial charge on any atom is 0.490 e. The summed E-state index contributed by atoms with van der Waals surface area (Å²) >= 11 is 0. The van der Waals surface area contributed by atoms with Crippen molar-refractivity contribution in [2.75, 3.05) is 32.7 Å². The zero-order chi connectivity index (χ0) is 26.1. The number of hydrogen-bond acceptors (Lipinski definition) is 6. The van der Waals surface area contributed by atoms with Gasteiger partial charge in [0, 0.05) is 51.5 Å². The van der Waals surface area contributed by atoms with E-state index < -0.39 is 12.1 Å². The standard InChI is InChI=1S/C20H33N7O2.C2HF3O2/c28-19-15-25(10-8-21-19)13-18-14-27(24-23-18)12-16-5-4-9-26(11-16)20(29)22-17-6-2-1-3-7-17;3-2(4,5)1(6)7/h14,16-17H,1-13,15H2,(H,21,28)(H,22,29);(H,6,7). The van der Waals surface area contributed by atoms with E-state index in [9.17, 15) is 22.8 Å². The van der Waals surface area contributed by atoms with Crippen LogP contribution in [-0.4, -0.2) is 92.7 Å². The van der Waals surface area contributed by atoms with Crippen molar-refractivity contribution in [3.8, 4) is 0 Å². The van der Waals surface area contributed by atoms with E-state index in [0.717, 1.165) is 57.6 Å². The van der Waals surface area contributed by atoms with Crippen LogP contribution in [0.25, 0.3) is 0 Å². The fourth-order valence-electron chi connectivity index (χ4n) is 4.73. The molecule has 1 saturated carbocycles. The Bertz CT molecular complexity index is 889. The zero-order valence-electron chi connectivity index (χ0n) is 20.2. The molecule has 3 fully saturated rings. The van der Waals surface area contributed by atoms with E-state index >= 15 is 0 Å². The van der Waals surface area contributed by atoms with Crippen LogP contribution in [0, 0.1) is 5.92 Å². The molecule has 0 aromatic carbocycles. The Labute approximate surface area is 207 Å². The van der Waals surface area contributed by atoms with Gasteiger partial charge in [0.05, 0.1) is 12.2 Å². The average Bonchev–Trinajstić information content (AvgIpc) is 3.26. The number of likely N-dealkylation sites (tertiary alicyclic amines) is 1. The number of carboxylic acid groups (broad SMARTS) is 1. The Morgan fingerprint density at radius 3 is 2.53 bits per heavy atom. The van der Waals surface area contributed by atoms with Crippen molar-refractivity contribution >= 4 is 17.9 Å². The van der Waals surface area contributed by atoms with Crippen molar-refractivity contribution in [3.05, 3.63) is 11.9 Å². The van der Waals surface area contributed by atoms with Gasteiger partial charge in [-0.25, -0.2) is 9.59 Å². The average molecular weight is 518 g/mol. The number of piperidine rings is 1. The van der Waals surface area contributed by atoms with Gasteiger partial charge in [-0.2, -0.15) is 13.2 Å². The summed E-state index contributed by atoms with van der Waals surface area (Å²) in [5.74, 6) is -2.29. The number of urea groups is 1. The molecule has 11 nitrogen and oxygen atoms in total. The van der Waals surface area contributed by atoms with Gasteiger partial charge in [-0.15, -0.1) is 5.10 Å². The fourth-order valence-corrected chi connectivity index (χ4v) is 4.73. The molecule has 3 N–H and O–H groups in total. The predicted molar refractivity (Wildman–Crippen MR) is 122 cm³/mol. The van der Waals surface area contributed by atoms with Gasteiger partial charge in [-0.05, 0) is 31.6 Å². The minimum absolute atomic E-state index is 0.0671. The van der Waals surface area contributed by atoms with E-state index in [4.69, 9.17) is 9.90 Å². The molecule has 0 bridgehead atoms. The van der Waals surface area contributed by atoms with Gasteiger partial charge in [0.15, 0.2) is 0 Å². The summed E-state index contributed by atoms with van der Waals surface area (Å²) in [5.41, 5.74) is 0.891. The number of aromatic nitrogens is 3. The van der Waals surface area contributed by atoms with Crippen LogP contribution < -0.4 is 10.6 Å². The van der Waals surface area contributed by atoms with Crippen LogP contribution in [0.4, 0.5) is 18.0 Å². The highest BCUT2D eigenvalue weighted by Gasteiger charge is 2.38. The van der Waals surface area contributed by atoms with Crippen LogP contribution in [-0.2, 0) is 22.7 Å². The molecule has 3 heterocycles. The number of aliphatic carboxylic acids is 1. The van der Waals surface area contributed by atoms with Crippen molar-refractivity contribution in [3.63, 3.8) is 0 Å². The van der Waals surface area contributed by atoms with E-state index in [0.29, 0.717) is 31.6 Å². The van der Waals surface area contributed by atoms with E-state index in [2.05, 4.69) is 25.8 Å². The van der Waals surface area contributed by atoms with Gasteiger partial charge in [-0.1, -0.05) is 24.5 Å². The SMILES string of the molecule is O=C(O)C(F)(F)F.O=C1CN(Cc2cn(CC3CCCN(C(=O)NC4CCCCC4)C3)nn2)CCN1. The number of carbonyl (C=O) groups is 3. The maximum absolute atomic E-state index is 12.7. The van der Waals surface area contributed by atoms with Crippen molar-refractivity contribution < 1.29 is 32.7 Å². The number of carboxylic acids is 1. The molecule has 2 aliphatic heterocycles. The van der Waals surface area contributed by atoms with Crippen LogP contribution in [0.1, 0.15) is 50.6 Å². The van der Waals surface area contributed by atoms with E-state index in [1.54, 1.807) is 0 Å². The molecule has 1 unspecified atom stereocenters.